The molecule has 0 unspecified atom stereocenters. The van der Waals surface area contributed by atoms with E-state index in [-0.39, 0.29) is 12.4 Å². The summed E-state index contributed by atoms with van der Waals surface area (Å²) >= 11 is 0. The smallest absolute Gasteiger partial charge is 0.117 e. The van der Waals surface area contributed by atoms with Crippen LogP contribution in [-0.2, 0) is 0 Å². The molecule has 0 aliphatic carbocycles. The Balaban J connectivity index is 3.83. The fraction of sp³-hybridized carbons (Fsp3) is 0.667. The maximum atomic E-state index is 8.76. The summed E-state index contributed by atoms with van der Waals surface area (Å²) in [5.74, 6) is 0.104. The van der Waals surface area contributed by atoms with E-state index in [2.05, 4.69) is 0 Å². The van der Waals surface area contributed by atoms with E-state index in [4.69, 9.17) is 10.2 Å². The lowest BCUT2D eigenvalue weighted by molar-refractivity contribution is 0.249. The van der Waals surface area contributed by atoms with Gasteiger partial charge in [-0.2, -0.15) is 0 Å². The molecule has 0 radical (unpaired) electrons. The normalized spacial score (nSPS) is 13.4. The van der Waals surface area contributed by atoms with Crippen LogP contribution in [0.4, 0.5) is 0 Å². The van der Waals surface area contributed by atoms with Crippen molar-refractivity contribution in [1.29, 1.82) is 0 Å². The van der Waals surface area contributed by atoms with Gasteiger partial charge in [-0.25, -0.2) is 0 Å². The monoisotopic (exact) mass is 116 g/mol. The molecule has 0 aromatic carbocycles. The second kappa shape index (κ2) is 3.50. The van der Waals surface area contributed by atoms with Crippen molar-refractivity contribution in [2.75, 3.05) is 6.61 Å². The third-order valence-corrected chi connectivity index (χ3v) is 1.17. The standard InChI is InChI=1S/C6H12O2/c1-3-5(2)6(8)4-7/h7-8H,3-4H2,1-2H3. The molecule has 0 aliphatic heterocycles. The fourth-order valence-electron chi connectivity index (χ4n) is 0.339. The van der Waals surface area contributed by atoms with Crippen LogP contribution in [0.1, 0.15) is 20.3 Å². The molecule has 2 heteroatoms. The van der Waals surface area contributed by atoms with Crippen molar-refractivity contribution in [1.82, 2.24) is 0 Å². The van der Waals surface area contributed by atoms with E-state index in [0.29, 0.717) is 0 Å². The predicted molar refractivity (Wildman–Crippen MR) is 32.7 cm³/mol. The van der Waals surface area contributed by atoms with Gasteiger partial charge in [0.2, 0.25) is 0 Å². The highest BCUT2D eigenvalue weighted by molar-refractivity contribution is 5.03. The molecule has 2 nitrogen and oxygen atoms in total. The van der Waals surface area contributed by atoms with Crippen LogP contribution in [0.15, 0.2) is 11.3 Å². The molecule has 2 N–H and O–H groups in total. The van der Waals surface area contributed by atoms with E-state index in [9.17, 15) is 0 Å². The summed E-state index contributed by atoms with van der Waals surface area (Å²) in [6.45, 7) is 3.49. The summed E-state index contributed by atoms with van der Waals surface area (Å²) in [6, 6.07) is 0. The first-order chi connectivity index (χ1) is 3.72. The van der Waals surface area contributed by atoms with Gasteiger partial charge in [0.05, 0.1) is 0 Å². The zero-order valence-corrected chi connectivity index (χ0v) is 5.31. The molecule has 0 saturated heterocycles. The fourth-order valence-corrected chi connectivity index (χ4v) is 0.339. The van der Waals surface area contributed by atoms with Crippen molar-refractivity contribution in [3.8, 4) is 0 Å². The van der Waals surface area contributed by atoms with Crippen molar-refractivity contribution in [2.45, 2.75) is 20.3 Å². The molecule has 0 atom stereocenters. The minimum atomic E-state index is -0.236. The Hall–Kier alpha value is -0.500. The highest BCUT2D eigenvalue weighted by Crippen LogP contribution is 2.02. The Kier molecular flexibility index (Phi) is 3.28. The zero-order valence-electron chi connectivity index (χ0n) is 5.31. The van der Waals surface area contributed by atoms with Crippen molar-refractivity contribution in [3.05, 3.63) is 11.3 Å². The molecule has 48 valence electrons. The van der Waals surface area contributed by atoms with E-state index < -0.39 is 0 Å². The van der Waals surface area contributed by atoms with Crippen molar-refractivity contribution in [2.24, 2.45) is 0 Å². The highest BCUT2D eigenvalue weighted by atomic mass is 16.3. The molecule has 0 aliphatic rings. The van der Waals surface area contributed by atoms with Crippen LogP contribution in [0.2, 0.25) is 0 Å². The van der Waals surface area contributed by atoms with Crippen LogP contribution >= 0.6 is 0 Å². The molecule has 0 aromatic heterocycles. The lowest BCUT2D eigenvalue weighted by Crippen LogP contribution is -1.91. The van der Waals surface area contributed by atoms with Gasteiger partial charge in [0, 0.05) is 0 Å². The van der Waals surface area contributed by atoms with E-state index in [1.54, 1.807) is 6.92 Å². The molecule has 0 rings (SSSR count). The first-order valence-electron chi connectivity index (χ1n) is 2.70. The minimum Gasteiger partial charge on any atom is -0.510 e. The summed E-state index contributed by atoms with van der Waals surface area (Å²) < 4.78 is 0. The molecule has 0 fully saturated rings. The van der Waals surface area contributed by atoms with E-state index >= 15 is 0 Å². The Morgan fingerprint density at radius 2 is 2.00 bits per heavy atom. The number of aliphatic hydroxyl groups excluding tert-OH is 2. The van der Waals surface area contributed by atoms with E-state index in [1.807, 2.05) is 6.92 Å². The maximum Gasteiger partial charge on any atom is 0.117 e. The molecule has 0 saturated carbocycles. The van der Waals surface area contributed by atoms with Crippen molar-refractivity contribution < 1.29 is 10.2 Å². The molecule has 0 aromatic rings. The second-order valence-electron chi connectivity index (χ2n) is 1.74. The molecular weight excluding hydrogens is 104 g/mol. The van der Waals surface area contributed by atoms with Crippen LogP contribution in [0, 0.1) is 0 Å². The number of aliphatic hydroxyl groups is 2. The van der Waals surface area contributed by atoms with Crippen LogP contribution in [-0.4, -0.2) is 16.8 Å². The Morgan fingerprint density at radius 1 is 1.50 bits per heavy atom. The lowest BCUT2D eigenvalue weighted by Gasteiger charge is -1.97. The molecule has 0 bridgehead atoms. The third-order valence-electron chi connectivity index (χ3n) is 1.17. The predicted octanol–water partition coefficient (Wildman–Crippen LogP) is 1.22. The van der Waals surface area contributed by atoms with Gasteiger partial charge in [0.1, 0.15) is 12.4 Å². The first-order valence-corrected chi connectivity index (χ1v) is 2.70. The Bertz CT molecular complexity index is 82.7. The summed E-state index contributed by atoms with van der Waals surface area (Å²) in [4.78, 5) is 0. The number of allylic oxidation sites excluding steroid dienone is 1. The maximum absolute atomic E-state index is 8.76. The minimum absolute atomic E-state index is 0.104. The summed E-state index contributed by atoms with van der Waals surface area (Å²) in [6.07, 6.45) is 0.798. The van der Waals surface area contributed by atoms with Gasteiger partial charge < -0.3 is 10.2 Å². The van der Waals surface area contributed by atoms with Gasteiger partial charge in [-0.15, -0.1) is 0 Å². The van der Waals surface area contributed by atoms with Gasteiger partial charge in [-0.05, 0) is 18.9 Å². The topological polar surface area (TPSA) is 40.5 Å². The van der Waals surface area contributed by atoms with Crippen LogP contribution in [0.3, 0.4) is 0 Å². The van der Waals surface area contributed by atoms with Crippen molar-refractivity contribution >= 4 is 0 Å². The van der Waals surface area contributed by atoms with Crippen LogP contribution in [0.5, 0.6) is 0 Å². The van der Waals surface area contributed by atoms with E-state index in [1.165, 1.54) is 0 Å². The quantitative estimate of drug-likeness (QED) is 0.532. The van der Waals surface area contributed by atoms with Gasteiger partial charge in [-0.1, -0.05) is 6.92 Å². The van der Waals surface area contributed by atoms with Gasteiger partial charge in [0.25, 0.3) is 0 Å². The number of rotatable bonds is 2. The number of hydrogen-bond acceptors (Lipinski definition) is 2. The van der Waals surface area contributed by atoms with Gasteiger partial charge >= 0.3 is 0 Å². The van der Waals surface area contributed by atoms with Gasteiger partial charge in [-0.3, -0.25) is 0 Å². The Labute approximate surface area is 49.5 Å². The van der Waals surface area contributed by atoms with Crippen LogP contribution < -0.4 is 0 Å². The summed E-state index contributed by atoms with van der Waals surface area (Å²) in [7, 11) is 0. The average Bonchev–Trinajstić information content (AvgIpc) is 1.84. The van der Waals surface area contributed by atoms with Crippen LogP contribution in [0.25, 0.3) is 0 Å². The summed E-state index contributed by atoms with van der Waals surface area (Å²) in [5.41, 5.74) is 0.854. The first kappa shape index (κ1) is 7.50. The average molecular weight is 116 g/mol. The SMILES string of the molecule is CCC(C)=C(O)CO. The second-order valence-corrected chi connectivity index (χ2v) is 1.74. The van der Waals surface area contributed by atoms with Crippen molar-refractivity contribution in [3.63, 3.8) is 0 Å². The zero-order chi connectivity index (χ0) is 6.57. The molecule has 0 amide bonds. The molecular formula is C6H12O2. The van der Waals surface area contributed by atoms with E-state index in [0.717, 1.165) is 12.0 Å². The third kappa shape index (κ3) is 1.98. The Morgan fingerprint density at radius 3 is 2.12 bits per heavy atom. The molecule has 0 heterocycles. The van der Waals surface area contributed by atoms with Gasteiger partial charge in [0.15, 0.2) is 0 Å². The molecule has 8 heavy (non-hydrogen) atoms. The summed E-state index contributed by atoms with van der Waals surface area (Å²) in [5, 5.41) is 17.1. The number of hydrogen-bond donors (Lipinski definition) is 2. The highest BCUT2D eigenvalue weighted by Gasteiger charge is 1.92. The largest absolute Gasteiger partial charge is 0.510 e. The lowest BCUT2D eigenvalue weighted by atomic mass is 10.2. The molecule has 0 spiro atoms.